The fraction of sp³-hybridized carbons (Fsp3) is 0.696. The van der Waals surface area contributed by atoms with Crippen LogP contribution in [-0.4, -0.2) is 42.7 Å². The number of ether oxygens (including phenoxy) is 1. The van der Waals surface area contributed by atoms with Crippen LogP contribution in [0, 0.1) is 29.1 Å². The van der Waals surface area contributed by atoms with Gasteiger partial charge in [0.25, 0.3) is 0 Å². The van der Waals surface area contributed by atoms with Gasteiger partial charge in [0.1, 0.15) is 11.9 Å². The van der Waals surface area contributed by atoms with Gasteiger partial charge in [-0.25, -0.2) is 4.98 Å². The van der Waals surface area contributed by atoms with Crippen molar-refractivity contribution in [2.75, 3.05) is 24.6 Å². The number of nitriles is 1. The van der Waals surface area contributed by atoms with E-state index in [1.54, 1.807) is 6.92 Å². The molecule has 0 aromatic carbocycles. The average molecular weight is 397 g/mol. The van der Waals surface area contributed by atoms with Crippen LogP contribution in [0.1, 0.15) is 63.6 Å². The Morgan fingerprint density at radius 2 is 2.03 bits per heavy atom. The Morgan fingerprint density at radius 3 is 2.66 bits per heavy atom. The first kappa shape index (κ1) is 20.2. The first-order valence-corrected chi connectivity index (χ1v) is 11.0. The zero-order chi connectivity index (χ0) is 20.5. The number of aromatic nitrogens is 1. The summed E-state index contributed by atoms with van der Waals surface area (Å²) in [5.41, 5.74) is 1.67. The van der Waals surface area contributed by atoms with Crippen molar-refractivity contribution in [3.8, 4) is 6.07 Å². The molecule has 4 rings (SSSR count). The molecule has 4 atom stereocenters. The first-order chi connectivity index (χ1) is 13.9. The predicted molar refractivity (Wildman–Crippen MR) is 112 cm³/mol. The third-order valence-corrected chi connectivity index (χ3v) is 6.66. The van der Waals surface area contributed by atoms with Crippen LogP contribution < -0.4 is 10.2 Å². The molecule has 2 aliphatic carbocycles. The van der Waals surface area contributed by atoms with Crippen molar-refractivity contribution in [1.82, 2.24) is 10.3 Å². The van der Waals surface area contributed by atoms with Crippen LogP contribution in [0.2, 0.25) is 0 Å². The minimum absolute atomic E-state index is 0.0152. The molecule has 1 aromatic rings. The van der Waals surface area contributed by atoms with Crippen molar-refractivity contribution in [2.24, 2.45) is 17.8 Å². The van der Waals surface area contributed by atoms with Gasteiger partial charge in [0.2, 0.25) is 5.91 Å². The van der Waals surface area contributed by atoms with Gasteiger partial charge in [0.15, 0.2) is 0 Å². The van der Waals surface area contributed by atoms with Crippen molar-refractivity contribution >= 4 is 11.7 Å². The number of carbonyl (C=O) groups is 1. The van der Waals surface area contributed by atoms with Gasteiger partial charge in [-0.3, -0.25) is 4.79 Å². The first-order valence-electron chi connectivity index (χ1n) is 11.0. The summed E-state index contributed by atoms with van der Waals surface area (Å²) in [5.74, 6) is 2.88. The molecule has 2 heterocycles. The van der Waals surface area contributed by atoms with E-state index in [0.29, 0.717) is 29.2 Å². The van der Waals surface area contributed by atoms with Gasteiger partial charge in [-0.05, 0) is 61.5 Å². The standard InChI is InChI=1S/C23H32N4O2/c1-14(2)20-7-6-17(10-24)23(26-20)27-11-18-8-21(25-15(3)28)22(9-19(18)12-27)29-13-16-4-5-16/h6-7,14,16,18-19,21-22H,4-5,8-9,11-13H2,1-3H3,(H,25,28)/t18-,19+,21-,22-/m1/s1. The van der Waals surface area contributed by atoms with Crippen molar-refractivity contribution < 1.29 is 9.53 Å². The fourth-order valence-corrected chi connectivity index (χ4v) is 4.84. The molecule has 29 heavy (non-hydrogen) atoms. The third kappa shape index (κ3) is 4.56. The highest BCUT2D eigenvalue weighted by Gasteiger charge is 2.44. The van der Waals surface area contributed by atoms with E-state index >= 15 is 0 Å². The lowest BCUT2D eigenvalue weighted by atomic mass is 9.77. The molecule has 0 bridgehead atoms. The number of nitrogens with one attached hydrogen (secondary N) is 1. The molecular weight excluding hydrogens is 364 g/mol. The summed E-state index contributed by atoms with van der Waals surface area (Å²) in [6, 6.07) is 6.27. The van der Waals surface area contributed by atoms with Gasteiger partial charge in [0, 0.05) is 32.3 Å². The average Bonchev–Trinajstić information content (AvgIpc) is 3.43. The lowest BCUT2D eigenvalue weighted by Crippen LogP contribution is -2.50. The Morgan fingerprint density at radius 1 is 1.31 bits per heavy atom. The Hall–Kier alpha value is -2.13. The molecule has 1 aromatic heterocycles. The van der Waals surface area contributed by atoms with Crippen LogP contribution in [0.3, 0.4) is 0 Å². The van der Waals surface area contributed by atoms with E-state index < -0.39 is 0 Å². The Kier molecular flexibility index (Phi) is 5.78. The lowest BCUT2D eigenvalue weighted by Gasteiger charge is -2.38. The summed E-state index contributed by atoms with van der Waals surface area (Å²) in [4.78, 5) is 18.9. The van der Waals surface area contributed by atoms with E-state index in [-0.39, 0.29) is 18.1 Å². The number of carbonyl (C=O) groups excluding carboxylic acids is 1. The van der Waals surface area contributed by atoms with E-state index in [4.69, 9.17) is 9.72 Å². The van der Waals surface area contributed by atoms with Crippen LogP contribution in [0.4, 0.5) is 5.82 Å². The van der Waals surface area contributed by atoms with Crippen molar-refractivity contribution in [1.29, 1.82) is 5.26 Å². The van der Waals surface area contributed by atoms with Crippen molar-refractivity contribution in [3.05, 3.63) is 23.4 Å². The highest BCUT2D eigenvalue weighted by atomic mass is 16.5. The van der Waals surface area contributed by atoms with Gasteiger partial charge in [-0.2, -0.15) is 5.26 Å². The largest absolute Gasteiger partial charge is 0.376 e. The minimum atomic E-state index is 0.0152. The summed E-state index contributed by atoms with van der Waals surface area (Å²) in [5, 5.41) is 12.7. The lowest BCUT2D eigenvalue weighted by molar-refractivity contribution is -0.122. The maximum atomic E-state index is 11.7. The summed E-state index contributed by atoms with van der Waals surface area (Å²) >= 11 is 0. The van der Waals surface area contributed by atoms with Gasteiger partial charge >= 0.3 is 0 Å². The predicted octanol–water partition coefficient (Wildman–Crippen LogP) is 3.22. The second-order valence-corrected chi connectivity index (χ2v) is 9.39. The van der Waals surface area contributed by atoms with Gasteiger partial charge < -0.3 is 15.0 Å². The number of hydrogen-bond acceptors (Lipinski definition) is 5. The number of fused-ring (bicyclic) bond motifs is 1. The SMILES string of the molecule is CC(=O)N[C@@H]1C[C@@H]2CN(c3nc(C(C)C)ccc3C#N)C[C@@H]2C[C@H]1OCC1CC1. The van der Waals surface area contributed by atoms with Crippen LogP contribution in [0.5, 0.6) is 0 Å². The fourth-order valence-electron chi connectivity index (χ4n) is 4.84. The van der Waals surface area contributed by atoms with Crippen molar-refractivity contribution in [3.63, 3.8) is 0 Å². The van der Waals surface area contributed by atoms with Gasteiger partial charge in [0.05, 0.1) is 17.7 Å². The third-order valence-electron chi connectivity index (χ3n) is 6.66. The summed E-state index contributed by atoms with van der Waals surface area (Å²) in [7, 11) is 0. The maximum absolute atomic E-state index is 11.7. The van der Waals surface area contributed by atoms with Gasteiger partial charge in [-0.15, -0.1) is 0 Å². The van der Waals surface area contributed by atoms with Crippen LogP contribution in [0.25, 0.3) is 0 Å². The van der Waals surface area contributed by atoms with Crippen molar-refractivity contribution in [2.45, 2.75) is 64.5 Å². The number of rotatable bonds is 6. The number of nitrogens with zero attached hydrogens (tertiary/aromatic N) is 3. The number of hydrogen-bond donors (Lipinski definition) is 1. The van der Waals surface area contributed by atoms with Crippen LogP contribution >= 0.6 is 0 Å². The Labute approximate surface area is 173 Å². The Balaban J connectivity index is 1.50. The van der Waals surface area contributed by atoms with Crippen LogP contribution in [0.15, 0.2) is 12.1 Å². The molecule has 3 aliphatic rings. The molecule has 6 heteroatoms. The summed E-state index contributed by atoms with van der Waals surface area (Å²) < 4.78 is 6.26. The molecule has 6 nitrogen and oxygen atoms in total. The van der Waals surface area contributed by atoms with Gasteiger partial charge in [-0.1, -0.05) is 13.8 Å². The number of amides is 1. The smallest absolute Gasteiger partial charge is 0.217 e. The molecule has 1 aliphatic heterocycles. The Bertz CT molecular complexity index is 799. The number of anilines is 1. The maximum Gasteiger partial charge on any atom is 0.217 e. The van der Waals surface area contributed by atoms with E-state index in [9.17, 15) is 10.1 Å². The second-order valence-electron chi connectivity index (χ2n) is 9.39. The molecule has 156 valence electrons. The highest BCUT2D eigenvalue weighted by molar-refractivity contribution is 5.73. The molecule has 1 saturated heterocycles. The molecule has 0 unspecified atom stereocenters. The molecule has 0 spiro atoms. The quantitative estimate of drug-likeness (QED) is 0.799. The van der Waals surface area contributed by atoms with E-state index in [1.165, 1.54) is 12.8 Å². The monoisotopic (exact) mass is 396 g/mol. The molecule has 2 saturated carbocycles. The highest BCUT2D eigenvalue weighted by Crippen LogP contribution is 2.40. The zero-order valence-electron chi connectivity index (χ0n) is 17.7. The molecule has 0 radical (unpaired) electrons. The second kappa shape index (κ2) is 8.31. The zero-order valence-corrected chi connectivity index (χ0v) is 17.7. The van der Waals surface area contributed by atoms with E-state index in [2.05, 4.69) is 30.1 Å². The molecule has 1 amide bonds. The summed E-state index contributed by atoms with van der Waals surface area (Å²) in [6.45, 7) is 8.46. The molecule has 3 fully saturated rings. The normalized spacial score (nSPS) is 28.9. The van der Waals surface area contributed by atoms with E-state index in [1.807, 2.05) is 12.1 Å². The summed E-state index contributed by atoms with van der Waals surface area (Å²) in [6.07, 6.45) is 4.52. The minimum Gasteiger partial charge on any atom is -0.376 e. The molecule has 1 N–H and O–H groups in total. The topological polar surface area (TPSA) is 78.3 Å². The van der Waals surface area contributed by atoms with E-state index in [0.717, 1.165) is 44.0 Å². The number of pyridine rings is 1. The van der Waals surface area contributed by atoms with Crippen LogP contribution in [-0.2, 0) is 9.53 Å². The molecular formula is C23H32N4O2.